The summed E-state index contributed by atoms with van der Waals surface area (Å²) in [4.78, 5) is 20.2. The number of nitrogens with zero attached hydrogens (tertiary/aromatic N) is 1. The summed E-state index contributed by atoms with van der Waals surface area (Å²) in [5.74, 6) is 0.0842. The lowest BCUT2D eigenvalue weighted by Gasteiger charge is -2.06. The first kappa shape index (κ1) is 18.5. The third kappa shape index (κ3) is 3.40. The number of H-pyrrole nitrogens is 1. The normalized spacial score (nSPS) is 11.7. The molecule has 0 saturated carbocycles. The van der Waals surface area contributed by atoms with Crippen molar-refractivity contribution in [2.45, 2.75) is 6.18 Å². The number of aromatic amines is 1. The number of nitrogen functional groups attached to an aromatic ring is 2. The zero-order valence-electron chi connectivity index (χ0n) is 14.9. The van der Waals surface area contributed by atoms with Crippen molar-refractivity contribution in [1.82, 2.24) is 9.97 Å². The second-order valence-corrected chi connectivity index (χ2v) is 6.53. The molecule has 0 saturated heterocycles. The van der Waals surface area contributed by atoms with Crippen LogP contribution in [0.15, 0.2) is 60.7 Å². The lowest BCUT2D eigenvalue weighted by molar-refractivity contribution is -0.137. The van der Waals surface area contributed by atoms with Gasteiger partial charge in [-0.1, -0.05) is 12.1 Å². The number of aromatic nitrogens is 2. The van der Waals surface area contributed by atoms with Crippen molar-refractivity contribution < 1.29 is 18.0 Å². The maximum absolute atomic E-state index is 12.8. The van der Waals surface area contributed by atoms with Crippen molar-refractivity contribution in [3.05, 3.63) is 77.4 Å². The van der Waals surface area contributed by atoms with Crippen LogP contribution in [-0.2, 0) is 6.18 Å². The largest absolute Gasteiger partial charge is 0.416 e. The Morgan fingerprint density at radius 3 is 2.17 bits per heavy atom. The van der Waals surface area contributed by atoms with E-state index in [4.69, 9.17) is 11.5 Å². The summed E-state index contributed by atoms with van der Waals surface area (Å²) in [5.41, 5.74) is 14.0. The molecule has 4 rings (SSSR count). The molecule has 0 bridgehead atoms. The predicted octanol–water partition coefficient (Wildman–Crippen LogP) is 4.64. The molecule has 29 heavy (non-hydrogen) atoms. The molecule has 0 aliphatic carbocycles. The fourth-order valence-electron chi connectivity index (χ4n) is 3.04. The van der Waals surface area contributed by atoms with Gasteiger partial charge in [0, 0.05) is 22.4 Å². The lowest BCUT2D eigenvalue weighted by atomic mass is 10.0. The molecule has 0 unspecified atom stereocenters. The molecule has 0 spiro atoms. The number of carbonyl (C=O) groups is 1. The van der Waals surface area contributed by atoms with Crippen LogP contribution < -0.4 is 11.5 Å². The maximum atomic E-state index is 12.8. The molecule has 0 amide bonds. The van der Waals surface area contributed by atoms with Gasteiger partial charge in [-0.3, -0.25) is 4.79 Å². The smallest absolute Gasteiger partial charge is 0.399 e. The quantitative estimate of drug-likeness (QED) is 0.347. The Bertz CT molecular complexity index is 1210. The number of imidazole rings is 1. The molecular formula is C21H15F3N4O. The van der Waals surface area contributed by atoms with Crippen molar-refractivity contribution in [3.63, 3.8) is 0 Å². The molecule has 0 fully saturated rings. The molecule has 0 aliphatic heterocycles. The minimum absolute atomic E-state index is 0.193. The summed E-state index contributed by atoms with van der Waals surface area (Å²) >= 11 is 0. The lowest BCUT2D eigenvalue weighted by Crippen LogP contribution is -2.06. The van der Waals surface area contributed by atoms with Gasteiger partial charge in [-0.2, -0.15) is 13.2 Å². The van der Waals surface area contributed by atoms with E-state index in [-0.39, 0.29) is 17.0 Å². The summed E-state index contributed by atoms with van der Waals surface area (Å²) in [5, 5.41) is 0. The van der Waals surface area contributed by atoms with E-state index < -0.39 is 11.7 Å². The highest BCUT2D eigenvalue weighted by atomic mass is 19.4. The second-order valence-electron chi connectivity index (χ2n) is 6.53. The van der Waals surface area contributed by atoms with Gasteiger partial charge < -0.3 is 16.5 Å². The van der Waals surface area contributed by atoms with Gasteiger partial charge in [0.25, 0.3) is 0 Å². The number of hydrogen-bond donors (Lipinski definition) is 3. The number of rotatable bonds is 3. The van der Waals surface area contributed by atoms with Crippen molar-refractivity contribution in [3.8, 4) is 11.4 Å². The molecule has 146 valence electrons. The number of carbonyl (C=O) groups excluding carboxylic acids is 1. The van der Waals surface area contributed by atoms with Crippen molar-refractivity contribution in [1.29, 1.82) is 0 Å². The summed E-state index contributed by atoms with van der Waals surface area (Å²) < 4.78 is 38.2. The third-order valence-electron chi connectivity index (χ3n) is 4.60. The van der Waals surface area contributed by atoms with Gasteiger partial charge in [0.1, 0.15) is 11.3 Å². The molecule has 0 radical (unpaired) electrons. The van der Waals surface area contributed by atoms with Crippen LogP contribution in [-0.4, -0.2) is 15.8 Å². The molecule has 4 aromatic rings. The molecule has 0 atom stereocenters. The van der Waals surface area contributed by atoms with Gasteiger partial charge in [-0.25, -0.2) is 4.98 Å². The van der Waals surface area contributed by atoms with Crippen LogP contribution in [0.5, 0.6) is 0 Å². The molecule has 1 aromatic heterocycles. The molecule has 1 heterocycles. The molecule has 5 N–H and O–H groups in total. The monoisotopic (exact) mass is 396 g/mol. The summed E-state index contributed by atoms with van der Waals surface area (Å²) in [6, 6.07) is 14.4. The highest BCUT2D eigenvalue weighted by Gasteiger charge is 2.30. The zero-order chi connectivity index (χ0) is 20.8. The Labute approximate surface area is 163 Å². The maximum Gasteiger partial charge on any atom is 0.416 e. The summed E-state index contributed by atoms with van der Waals surface area (Å²) in [6.45, 7) is 0. The average Bonchev–Trinajstić information content (AvgIpc) is 3.13. The van der Waals surface area contributed by atoms with Gasteiger partial charge >= 0.3 is 6.18 Å². The van der Waals surface area contributed by atoms with Crippen molar-refractivity contribution >= 4 is 28.2 Å². The number of halogens is 3. The van der Waals surface area contributed by atoms with Gasteiger partial charge in [-0.05, 0) is 48.5 Å². The van der Waals surface area contributed by atoms with Crippen LogP contribution in [0.3, 0.4) is 0 Å². The molecule has 0 aliphatic rings. The van der Waals surface area contributed by atoms with Crippen LogP contribution in [0, 0.1) is 0 Å². The predicted molar refractivity (Wildman–Crippen MR) is 105 cm³/mol. The van der Waals surface area contributed by atoms with Gasteiger partial charge in [-0.15, -0.1) is 0 Å². The number of hydrogen-bond acceptors (Lipinski definition) is 4. The van der Waals surface area contributed by atoms with Crippen LogP contribution in [0.4, 0.5) is 24.5 Å². The number of fused-ring (bicyclic) bond motifs is 1. The molecule has 8 heteroatoms. The van der Waals surface area contributed by atoms with E-state index in [1.54, 1.807) is 36.4 Å². The van der Waals surface area contributed by atoms with Crippen LogP contribution in [0.1, 0.15) is 21.5 Å². The number of ketones is 1. The van der Waals surface area contributed by atoms with E-state index in [1.807, 2.05) is 0 Å². The topological polar surface area (TPSA) is 97.8 Å². The van der Waals surface area contributed by atoms with E-state index in [0.29, 0.717) is 33.7 Å². The highest BCUT2D eigenvalue weighted by Crippen LogP contribution is 2.32. The Morgan fingerprint density at radius 1 is 0.897 bits per heavy atom. The first-order valence-electron chi connectivity index (χ1n) is 8.60. The molecular weight excluding hydrogens is 381 g/mol. The van der Waals surface area contributed by atoms with Crippen molar-refractivity contribution in [2.75, 3.05) is 11.5 Å². The molecule has 3 aromatic carbocycles. The van der Waals surface area contributed by atoms with Crippen molar-refractivity contribution in [2.24, 2.45) is 0 Å². The first-order chi connectivity index (χ1) is 13.7. The zero-order valence-corrected chi connectivity index (χ0v) is 14.9. The SMILES string of the molecule is Nc1ccc(C(=O)c2ccc3[nH]c(-c4ccc(C(F)(F)F)cc4)nc3c2N)cc1. The van der Waals surface area contributed by atoms with E-state index in [1.165, 1.54) is 12.1 Å². The fraction of sp³-hybridized carbons (Fsp3) is 0.0476. The van der Waals surface area contributed by atoms with Crippen LogP contribution in [0.25, 0.3) is 22.4 Å². The minimum Gasteiger partial charge on any atom is -0.399 e. The standard InChI is InChI=1S/C21H15F3N4O/c22-21(23,24)13-5-1-12(2-6-13)20-27-16-10-9-15(17(26)18(16)28-20)19(29)11-3-7-14(25)8-4-11/h1-10H,25-26H2,(H,27,28). The highest BCUT2D eigenvalue weighted by molar-refractivity contribution is 6.15. The second kappa shape index (κ2) is 6.66. The summed E-state index contributed by atoms with van der Waals surface area (Å²) in [6.07, 6.45) is -4.41. The molecule has 5 nitrogen and oxygen atoms in total. The number of nitrogens with two attached hydrogens (primary N) is 2. The Hall–Kier alpha value is -3.81. The third-order valence-corrected chi connectivity index (χ3v) is 4.60. The summed E-state index contributed by atoms with van der Waals surface area (Å²) in [7, 11) is 0. The van der Waals surface area contributed by atoms with Gasteiger partial charge in [0.2, 0.25) is 0 Å². The fourth-order valence-corrected chi connectivity index (χ4v) is 3.04. The minimum atomic E-state index is -4.41. The van der Waals surface area contributed by atoms with Crippen LogP contribution >= 0.6 is 0 Å². The Balaban J connectivity index is 1.73. The van der Waals surface area contributed by atoms with E-state index in [0.717, 1.165) is 12.1 Å². The van der Waals surface area contributed by atoms with Gasteiger partial charge in [0.15, 0.2) is 5.78 Å². The average molecular weight is 396 g/mol. The van der Waals surface area contributed by atoms with E-state index >= 15 is 0 Å². The Morgan fingerprint density at radius 2 is 1.55 bits per heavy atom. The Kier molecular flexibility index (Phi) is 4.26. The van der Waals surface area contributed by atoms with E-state index in [9.17, 15) is 18.0 Å². The first-order valence-corrected chi connectivity index (χ1v) is 8.60. The van der Waals surface area contributed by atoms with Gasteiger partial charge in [0.05, 0.1) is 16.8 Å². The number of alkyl halides is 3. The van der Waals surface area contributed by atoms with E-state index in [2.05, 4.69) is 9.97 Å². The number of nitrogens with one attached hydrogen (secondary N) is 1. The number of anilines is 2. The van der Waals surface area contributed by atoms with Crippen LogP contribution in [0.2, 0.25) is 0 Å². The number of benzene rings is 3.